The Hall–Kier alpha value is -2.80. The first-order valence-electron chi connectivity index (χ1n) is 8.49. The van der Waals surface area contributed by atoms with E-state index in [1.807, 2.05) is 13.0 Å². The molecule has 0 saturated heterocycles. The minimum atomic E-state index is -0.216. The zero-order valence-electron chi connectivity index (χ0n) is 15.0. The summed E-state index contributed by atoms with van der Waals surface area (Å²) < 4.78 is 5.45. The largest absolute Gasteiger partial charge is 0.482 e. The van der Waals surface area contributed by atoms with Gasteiger partial charge in [-0.1, -0.05) is 50.2 Å². The van der Waals surface area contributed by atoms with Crippen LogP contribution < -0.4 is 10.1 Å². The number of benzene rings is 2. The zero-order valence-corrected chi connectivity index (χ0v) is 15.0. The quantitative estimate of drug-likeness (QED) is 0.831. The monoisotopic (exact) mass is 336 g/mol. The van der Waals surface area contributed by atoms with Crippen molar-refractivity contribution in [3.8, 4) is 11.8 Å². The molecule has 0 aromatic heterocycles. The molecular weight excluding hydrogens is 312 g/mol. The molecule has 0 aliphatic carbocycles. The second kappa shape index (κ2) is 8.89. The van der Waals surface area contributed by atoms with E-state index < -0.39 is 0 Å². The van der Waals surface area contributed by atoms with Crippen molar-refractivity contribution in [3.63, 3.8) is 0 Å². The number of rotatable bonds is 7. The van der Waals surface area contributed by atoms with E-state index in [1.54, 1.807) is 24.3 Å². The van der Waals surface area contributed by atoms with Crippen molar-refractivity contribution >= 4 is 5.91 Å². The van der Waals surface area contributed by atoms with E-state index in [9.17, 15) is 4.79 Å². The second-order valence-electron chi connectivity index (χ2n) is 6.53. The molecule has 2 rings (SSSR count). The van der Waals surface area contributed by atoms with Crippen LogP contribution in [0.5, 0.6) is 5.75 Å². The topological polar surface area (TPSA) is 62.1 Å². The number of ether oxygens (including phenoxy) is 1. The maximum absolute atomic E-state index is 12.1. The molecule has 25 heavy (non-hydrogen) atoms. The lowest BCUT2D eigenvalue weighted by Gasteiger charge is -2.16. The van der Waals surface area contributed by atoms with Crippen molar-refractivity contribution in [2.45, 2.75) is 33.2 Å². The highest BCUT2D eigenvalue weighted by Gasteiger charge is 2.11. The van der Waals surface area contributed by atoms with Crippen molar-refractivity contribution in [1.29, 1.82) is 5.26 Å². The summed E-state index contributed by atoms with van der Waals surface area (Å²) >= 11 is 0. The fraction of sp³-hybridized carbons (Fsp3) is 0.333. The Kier molecular flexibility index (Phi) is 6.59. The van der Waals surface area contributed by atoms with Gasteiger partial charge in [0.25, 0.3) is 5.91 Å². The molecule has 4 heteroatoms. The highest BCUT2D eigenvalue weighted by molar-refractivity contribution is 5.78. The van der Waals surface area contributed by atoms with Gasteiger partial charge in [-0.25, -0.2) is 0 Å². The summed E-state index contributed by atoms with van der Waals surface area (Å²) in [4.78, 5) is 12.1. The number of nitrogens with zero attached hydrogens (tertiary/aromatic N) is 1. The van der Waals surface area contributed by atoms with Crippen molar-refractivity contribution in [2.75, 3.05) is 6.61 Å². The number of nitriles is 1. The molecule has 1 amide bonds. The number of amides is 1. The molecule has 4 nitrogen and oxygen atoms in total. The molecule has 0 aliphatic heterocycles. The van der Waals surface area contributed by atoms with Gasteiger partial charge in [-0.2, -0.15) is 5.26 Å². The van der Waals surface area contributed by atoms with E-state index in [2.05, 4.69) is 43.4 Å². The Morgan fingerprint density at radius 1 is 1.12 bits per heavy atom. The summed E-state index contributed by atoms with van der Waals surface area (Å²) in [7, 11) is 0. The first-order chi connectivity index (χ1) is 12.0. The van der Waals surface area contributed by atoms with Crippen molar-refractivity contribution < 1.29 is 9.53 Å². The van der Waals surface area contributed by atoms with E-state index in [-0.39, 0.29) is 18.6 Å². The molecule has 130 valence electrons. The van der Waals surface area contributed by atoms with Crippen LogP contribution in [0.1, 0.15) is 43.5 Å². The van der Waals surface area contributed by atoms with Crippen LogP contribution in [-0.2, 0) is 11.2 Å². The van der Waals surface area contributed by atoms with Crippen LogP contribution in [0.4, 0.5) is 0 Å². The molecule has 1 atom stereocenters. The third-order valence-corrected chi connectivity index (χ3v) is 3.87. The molecule has 0 spiro atoms. The van der Waals surface area contributed by atoms with Gasteiger partial charge in [-0.3, -0.25) is 4.79 Å². The van der Waals surface area contributed by atoms with Crippen LogP contribution in [0.15, 0.2) is 48.5 Å². The zero-order chi connectivity index (χ0) is 18.2. The van der Waals surface area contributed by atoms with Crippen LogP contribution >= 0.6 is 0 Å². The lowest BCUT2D eigenvalue weighted by Crippen LogP contribution is -2.31. The predicted molar refractivity (Wildman–Crippen MR) is 98.2 cm³/mol. The number of carbonyl (C=O) groups is 1. The first-order valence-corrected chi connectivity index (χ1v) is 8.49. The Morgan fingerprint density at radius 2 is 1.80 bits per heavy atom. The maximum Gasteiger partial charge on any atom is 0.258 e. The summed E-state index contributed by atoms with van der Waals surface area (Å²) in [5.41, 5.74) is 2.77. The summed E-state index contributed by atoms with van der Waals surface area (Å²) in [6.07, 6.45) is 1.05. The average Bonchev–Trinajstić information content (AvgIpc) is 2.60. The maximum atomic E-state index is 12.1. The number of nitrogens with one attached hydrogen (secondary N) is 1. The van der Waals surface area contributed by atoms with Crippen molar-refractivity contribution in [1.82, 2.24) is 5.32 Å². The van der Waals surface area contributed by atoms with Gasteiger partial charge in [0.05, 0.1) is 11.6 Å². The lowest BCUT2D eigenvalue weighted by atomic mass is 10.00. The van der Waals surface area contributed by atoms with Crippen LogP contribution in [0.2, 0.25) is 0 Å². The molecule has 0 radical (unpaired) electrons. The highest BCUT2D eigenvalue weighted by atomic mass is 16.5. The Labute approximate surface area is 149 Å². The van der Waals surface area contributed by atoms with Crippen LogP contribution in [0, 0.1) is 17.2 Å². The number of hydrogen-bond acceptors (Lipinski definition) is 3. The summed E-state index contributed by atoms with van der Waals surface area (Å²) in [6, 6.07) is 17.1. The molecule has 0 heterocycles. The summed E-state index contributed by atoms with van der Waals surface area (Å²) in [5, 5.41) is 11.9. The summed E-state index contributed by atoms with van der Waals surface area (Å²) in [5.74, 6) is 0.828. The molecule has 1 N–H and O–H groups in total. The molecule has 0 unspecified atom stereocenters. The van der Waals surface area contributed by atoms with E-state index in [4.69, 9.17) is 10.00 Å². The lowest BCUT2D eigenvalue weighted by molar-refractivity contribution is -0.123. The molecule has 0 bridgehead atoms. The summed E-state index contributed by atoms with van der Waals surface area (Å²) in [6.45, 7) is 6.22. The number of para-hydroxylation sites is 1. The van der Waals surface area contributed by atoms with Crippen LogP contribution in [0.3, 0.4) is 0 Å². The minimum Gasteiger partial charge on any atom is -0.482 e. The molecule has 0 aliphatic rings. The van der Waals surface area contributed by atoms with E-state index in [1.165, 1.54) is 5.56 Å². The van der Waals surface area contributed by atoms with Gasteiger partial charge in [0.1, 0.15) is 11.8 Å². The smallest absolute Gasteiger partial charge is 0.258 e. The SMILES string of the molecule is CC(C)Cc1ccc([C@@H](C)NC(=O)COc2ccccc2C#N)cc1. The van der Waals surface area contributed by atoms with Crippen molar-refractivity contribution in [3.05, 3.63) is 65.2 Å². The number of hydrogen-bond donors (Lipinski definition) is 1. The number of carbonyl (C=O) groups excluding carboxylic acids is 1. The van der Waals surface area contributed by atoms with Gasteiger partial charge in [-0.05, 0) is 42.5 Å². The minimum absolute atomic E-state index is 0.101. The third kappa shape index (κ3) is 5.65. The predicted octanol–water partition coefficient (Wildman–Crippen LogP) is 4.01. The normalized spacial score (nSPS) is 11.6. The van der Waals surface area contributed by atoms with Gasteiger partial charge in [0.2, 0.25) is 0 Å². The Morgan fingerprint density at radius 3 is 2.44 bits per heavy atom. The van der Waals surface area contributed by atoms with Crippen LogP contribution in [0.25, 0.3) is 0 Å². The fourth-order valence-electron chi connectivity index (χ4n) is 2.61. The van der Waals surface area contributed by atoms with Gasteiger partial charge < -0.3 is 10.1 Å². The fourth-order valence-corrected chi connectivity index (χ4v) is 2.61. The highest BCUT2D eigenvalue weighted by Crippen LogP contribution is 2.17. The Balaban J connectivity index is 1.88. The third-order valence-electron chi connectivity index (χ3n) is 3.87. The van der Waals surface area contributed by atoms with Crippen LogP contribution in [-0.4, -0.2) is 12.5 Å². The van der Waals surface area contributed by atoms with Gasteiger partial charge in [0, 0.05) is 0 Å². The first kappa shape index (κ1) is 18.5. The van der Waals surface area contributed by atoms with E-state index in [0.29, 0.717) is 17.2 Å². The second-order valence-corrected chi connectivity index (χ2v) is 6.53. The molecule has 0 saturated carbocycles. The van der Waals surface area contributed by atoms with E-state index in [0.717, 1.165) is 12.0 Å². The average molecular weight is 336 g/mol. The van der Waals surface area contributed by atoms with Gasteiger partial charge in [-0.15, -0.1) is 0 Å². The molecule has 2 aromatic carbocycles. The Bertz CT molecular complexity index is 745. The molecular formula is C21H24N2O2. The van der Waals surface area contributed by atoms with E-state index >= 15 is 0 Å². The van der Waals surface area contributed by atoms with Gasteiger partial charge >= 0.3 is 0 Å². The van der Waals surface area contributed by atoms with Gasteiger partial charge in [0.15, 0.2) is 6.61 Å². The van der Waals surface area contributed by atoms with Crippen molar-refractivity contribution in [2.24, 2.45) is 5.92 Å². The molecule has 2 aromatic rings. The standard InChI is InChI=1S/C21H24N2O2/c1-15(2)12-17-8-10-18(11-9-17)16(3)23-21(24)14-25-20-7-5-4-6-19(20)13-22/h4-11,15-16H,12,14H2,1-3H3,(H,23,24)/t16-/m1/s1. The molecule has 0 fully saturated rings.